The summed E-state index contributed by atoms with van der Waals surface area (Å²) in [6, 6.07) is 10.2. The van der Waals surface area contributed by atoms with Crippen molar-refractivity contribution >= 4 is 49.1 Å². The van der Waals surface area contributed by atoms with Crippen LogP contribution in [-0.4, -0.2) is 4.57 Å². The average molecular weight is 313 g/mol. The van der Waals surface area contributed by atoms with Gasteiger partial charge in [-0.25, -0.2) is 0 Å². The number of benzene rings is 1. The van der Waals surface area contributed by atoms with E-state index in [0.29, 0.717) is 0 Å². The van der Waals surface area contributed by atoms with Crippen molar-refractivity contribution in [3.8, 4) is 5.69 Å². The summed E-state index contributed by atoms with van der Waals surface area (Å²) in [5.41, 5.74) is 2.26. The van der Waals surface area contributed by atoms with Crippen molar-refractivity contribution in [3.05, 3.63) is 51.4 Å². The SMILES string of the molecule is Clc1cn(-c2ccccc2)c2c(Br)csc12. The third-order valence-corrected chi connectivity index (χ3v) is 4.76. The van der Waals surface area contributed by atoms with Gasteiger partial charge in [-0.15, -0.1) is 11.3 Å². The predicted molar refractivity (Wildman–Crippen MR) is 73.9 cm³/mol. The Bertz CT molecular complexity index is 642. The molecule has 2 heterocycles. The highest BCUT2D eigenvalue weighted by Gasteiger charge is 2.12. The molecule has 80 valence electrons. The molecule has 0 spiro atoms. The summed E-state index contributed by atoms with van der Waals surface area (Å²) in [7, 11) is 0. The van der Waals surface area contributed by atoms with Crippen LogP contribution in [0.4, 0.5) is 0 Å². The van der Waals surface area contributed by atoms with Gasteiger partial charge in [0.05, 0.1) is 19.7 Å². The summed E-state index contributed by atoms with van der Waals surface area (Å²) in [4.78, 5) is 0. The number of nitrogens with zero attached hydrogens (tertiary/aromatic N) is 1. The number of halogens is 2. The summed E-state index contributed by atoms with van der Waals surface area (Å²) in [6.45, 7) is 0. The van der Waals surface area contributed by atoms with Gasteiger partial charge in [-0.1, -0.05) is 29.8 Å². The number of hydrogen-bond acceptors (Lipinski definition) is 1. The number of aromatic nitrogens is 1. The van der Waals surface area contributed by atoms with Crippen molar-refractivity contribution in [2.75, 3.05) is 0 Å². The van der Waals surface area contributed by atoms with Crippen LogP contribution in [0, 0.1) is 0 Å². The van der Waals surface area contributed by atoms with Crippen LogP contribution in [0.5, 0.6) is 0 Å². The standard InChI is InChI=1S/C12H7BrClNS/c13-9-7-16-12-10(14)6-15(11(9)12)8-4-2-1-3-5-8/h1-7H. The first-order valence-corrected chi connectivity index (χ1v) is 6.81. The van der Waals surface area contributed by atoms with E-state index in [1.54, 1.807) is 11.3 Å². The van der Waals surface area contributed by atoms with Crippen LogP contribution in [0.3, 0.4) is 0 Å². The summed E-state index contributed by atoms with van der Waals surface area (Å²) >= 11 is 11.4. The van der Waals surface area contributed by atoms with Crippen LogP contribution in [0.2, 0.25) is 5.02 Å². The minimum absolute atomic E-state index is 0.801. The van der Waals surface area contributed by atoms with Crippen LogP contribution in [0.25, 0.3) is 15.9 Å². The van der Waals surface area contributed by atoms with Crippen LogP contribution < -0.4 is 0 Å². The molecule has 16 heavy (non-hydrogen) atoms. The molecule has 0 atom stereocenters. The Labute approximate surface area is 110 Å². The maximum absolute atomic E-state index is 6.21. The van der Waals surface area contributed by atoms with E-state index in [1.165, 1.54) is 0 Å². The van der Waals surface area contributed by atoms with Gasteiger partial charge in [0.2, 0.25) is 0 Å². The van der Waals surface area contributed by atoms with E-state index >= 15 is 0 Å². The van der Waals surface area contributed by atoms with Gasteiger partial charge in [0.1, 0.15) is 0 Å². The first-order valence-electron chi connectivity index (χ1n) is 4.76. The Morgan fingerprint density at radius 3 is 2.69 bits per heavy atom. The highest BCUT2D eigenvalue weighted by molar-refractivity contribution is 9.10. The summed E-state index contributed by atoms with van der Waals surface area (Å²) in [6.07, 6.45) is 1.96. The lowest BCUT2D eigenvalue weighted by molar-refractivity contribution is 1.13. The molecule has 0 saturated heterocycles. The van der Waals surface area contributed by atoms with Gasteiger partial charge in [0, 0.05) is 17.3 Å². The molecule has 0 aliphatic heterocycles. The first-order chi connectivity index (χ1) is 7.77. The van der Waals surface area contributed by atoms with E-state index < -0.39 is 0 Å². The number of hydrogen-bond donors (Lipinski definition) is 0. The molecule has 0 fully saturated rings. The average Bonchev–Trinajstić information content (AvgIpc) is 2.83. The molecule has 3 aromatic rings. The van der Waals surface area contributed by atoms with Crippen molar-refractivity contribution in [1.82, 2.24) is 4.57 Å². The Hall–Kier alpha value is -0.770. The highest BCUT2D eigenvalue weighted by Crippen LogP contribution is 2.38. The van der Waals surface area contributed by atoms with E-state index in [4.69, 9.17) is 11.6 Å². The minimum Gasteiger partial charge on any atom is -0.313 e. The monoisotopic (exact) mass is 311 g/mol. The number of thiophene rings is 1. The predicted octanol–water partition coefficient (Wildman–Crippen LogP) is 5.11. The number of para-hydroxylation sites is 1. The molecule has 3 rings (SSSR count). The Balaban J connectivity index is 2.36. The molecule has 0 saturated carbocycles. The van der Waals surface area contributed by atoms with Crippen LogP contribution >= 0.6 is 38.9 Å². The van der Waals surface area contributed by atoms with Crippen LogP contribution in [-0.2, 0) is 0 Å². The second kappa shape index (κ2) is 3.91. The Morgan fingerprint density at radius 2 is 1.94 bits per heavy atom. The first kappa shape index (κ1) is 10.4. The molecule has 0 N–H and O–H groups in total. The second-order valence-corrected chi connectivity index (χ2v) is 5.59. The molecule has 0 bridgehead atoms. The lowest BCUT2D eigenvalue weighted by Gasteiger charge is -2.03. The fraction of sp³-hybridized carbons (Fsp3) is 0. The minimum atomic E-state index is 0.801. The van der Waals surface area contributed by atoms with Gasteiger partial charge >= 0.3 is 0 Å². The molecule has 0 unspecified atom stereocenters. The molecule has 0 aliphatic carbocycles. The highest BCUT2D eigenvalue weighted by atomic mass is 79.9. The van der Waals surface area contributed by atoms with Crippen LogP contribution in [0.1, 0.15) is 0 Å². The van der Waals surface area contributed by atoms with Crippen molar-refractivity contribution < 1.29 is 0 Å². The number of rotatable bonds is 1. The molecule has 4 heteroatoms. The van der Waals surface area contributed by atoms with Gasteiger partial charge < -0.3 is 4.57 Å². The molecule has 0 amide bonds. The van der Waals surface area contributed by atoms with E-state index in [0.717, 1.165) is 25.4 Å². The second-order valence-electron chi connectivity index (χ2n) is 3.44. The summed E-state index contributed by atoms with van der Waals surface area (Å²) in [5, 5.41) is 2.87. The van der Waals surface area contributed by atoms with Gasteiger partial charge in [-0.05, 0) is 28.1 Å². The van der Waals surface area contributed by atoms with Crippen molar-refractivity contribution in [2.24, 2.45) is 0 Å². The van der Waals surface area contributed by atoms with Gasteiger partial charge in [-0.2, -0.15) is 0 Å². The zero-order valence-corrected chi connectivity index (χ0v) is 11.3. The lowest BCUT2D eigenvalue weighted by atomic mass is 10.3. The molecule has 1 nitrogen and oxygen atoms in total. The zero-order valence-electron chi connectivity index (χ0n) is 8.15. The Morgan fingerprint density at radius 1 is 1.19 bits per heavy atom. The normalized spacial score (nSPS) is 11.1. The molecular formula is C12H7BrClNS. The summed E-state index contributed by atoms with van der Waals surface area (Å²) < 4.78 is 4.32. The lowest BCUT2D eigenvalue weighted by Crippen LogP contribution is -1.90. The van der Waals surface area contributed by atoms with E-state index in [-0.39, 0.29) is 0 Å². The Kier molecular flexibility index (Phi) is 2.54. The van der Waals surface area contributed by atoms with Gasteiger partial charge in [0.15, 0.2) is 0 Å². The van der Waals surface area contributed by atoms with Gasteiger partial charge in [-0.3, -0.25) is 0 Å². The van der Waals surface area contributed by atoms with Crippen molar-refractivity contribution in [2.45, 2.75) is 0 Å². The molecule has 1 aromatic carbocycles. The molecule has 0 aliphatic rings. The maximum atomic E-state index is 6.21. The topological polar surface area (TPSA) is 4.93 Å². The molecule has 2 aromatic heterocycles. The quantitative estimate of drug-likeness (QED) is 0.588. The molecule has 0 radical (unpaired) electrons. The maximum Gasteiger partial charge on any atom is 0.0795 e. The van der Waals surface area contributed by atoms with Crippen LogP contribution in [0.15, 0.2) is 46.4 Å². The van der Waals surface area contributed by atoms with Crippen molar-refractivity contribution in [3.63, 3.8) is 0 Å². The largest absolute Gasteiger partial charge is 0.313 e. The fourth-order valence-corrected chi connectivity index (χ4v) is 3.69. The van der Waals surface area contributed by atoms with Gasteiger partial charge in [0.25, 0.3) is 0 Å². The van der Waals surface area contributed by atoms with E-state index in [2.05, 4.69) is 38.0 Å². The van der Waals surface area contributed by atoms with E-state index in [9.17, 15) is 0 Å². The third-order valence-electron chi connectivity index (χ3n) is 2.46. The molecular weight excluding hydrogens is 306 g/mol. The fourth-order valence-electron chi connectivity index (χ4n) is 1.75. The summed E-state index contributed by atoms with van der Waals surface area (Å²) in [5.74, 6) is 0. The van der Waals surface area contributed by atoms with Crippen molar-refractivity contribution in [1.29, 1.82) is 0 Å². The smallest absolute Gasteiger partial charge is 0.0795 e. The number of fused-ring (bicyclic) bond motifs is 1. The third kappa shape index (κ3) is 1.51. The van der Waals surface area contributed by atoms with E-state index in [1.807, 2.05) is 24.4 Å². The zero-order chi connectivity index (χ0) is 11.1.